The van der Waals surface area contributed by atoms with E-state index in [-0.39, 0.29) is 0 Å². The molecule has 1 unspecified atom stereocenters. The summed E-state index contributed by atoms with van der Waals surface area (Å²) in [4.78, 5) is 10.1. The van der Waals surface area contributed by atoms with E-state index in [4.69, 9.17) is 0 Å². The van der Waals surface area contributed by atoms with E-state index in [0.717, 1.165) is 19.1 Å². The molecule has 0 bridgehead atoms. The molecular formula is C10H14O. The standard InChI is InChI=1S/C10H14O/c1-9-5-2-3-6-10(9)7-4-8-11/h2,5,8,10H,1,3-4,6-7H2. The first-order valence-electron chi connectivity index (χ1n) is 4.13. The number of carbonyl (C=O) groups is 1. The number of carbonyl (C=O) groups excluding carboxylic acids is 1. The van der Waals surface area contributed by atoms with Gasteiger partial charge in [0.25, 0.3) is 0 Å². The van der Waals surface area contributed by atoms with Crippen molar-refractivity contribution in [2.75, 3.05) is 0 Å². The molecule has 0 N–H and O–H groups in total. The van der Waals surface area contributed by atoms with E-state index >= 15 is 0 Å². The summed E-state index contributed by atoms with van der Waals surface area (Å²) < 4.78 is 0. The van der Waals surface area contributed by atoms with Crippen molar-refractivity contribution in [1.29, 1.82) is 0 Å². The maximum atomic E-state index is 10.1. The fourth-order valence-corrected chi connectivity index (χ4v) is 1.45. The molecule has 0 radical (unpaired) electrons. The van der Waals surface area contributed by atoms with Crippen molar-refractivity contribution < 1.29 is 4.79 Å². The molecule has 0 aromatic carbocycles. The van der Waals surface area contributed by atoms with Crippen LogP contribution in [-0.2, 0) is 4.79 Å². The first-order chi connectivity index (χ1) is 5.34. The van der Waals surface area contributed by atoms with Gasteiger partial charge in [0, 0.05) is 6.42 Å². The zero-order chi connectivity index (χ0) is 8.10. The van der Waals surface area contributed by atoms with Crippen LogP contribution < -0.4 is 0 Å². The molecule has 11 heavy (non-hydrogen) atoms. The van der Waals surface area contributed by atoms with Crippen LogP contribution in [0.5, 0.6) is 0 Å². The van der Waals surface area contributed by atoms with Crippen LogP contribution in [0.25, 0.3) is 0 Å². The zero-order valence-electron chi connectivity index (χ0n) is 6.75. The molecule has 0 aromatic heterocycles. The Morgan fingerprint density at radius 2 is 2.55 bits per heavy atom. The van der Waals surface area contributed by atoms with Crippen molar-refractivity contribution in [3.63, 3.8) is 0 Å². The lowest BCUT2D eigenvalue weighted by molar-refractivity contribution is -0.108. The van der Waals surface area contributed by atoms with Crippen LogP contribution in [0, 0.1) is 5.92 Å². The van der Waals surface area contributed by atoms with Crippen LogP contribution >= 0.6 is 0 Å². The molecule has 0 spiro atoms. The van der Waals surface area contributed by atoms with Crippen molar-refractivity contribution in [2.45, 2.75) is 25.7 Å². The van der Waals surface area contributed by atoms with Gasteiger partial charge in [-0.1, -0.05) is 24.3 Å². The Balaban J connectivity index is 2.38. The first-order valence-corrected chi connectivity index (χ1v) is 4.13. The van der Waals surface area contributed by atoms with E-state index in [1.807, 2.05) is 0 Å². The molecule has 0 aromatic rings. The third-order valence-corrected chi connectivity index (χ3v) is 2.17. The number of hydrogen-bond acceptors (Lipinski definition) is 1. The molecule has 0 fully saturated rings. The highest BCUT2D eigenvalue weighted by Gasteiger charge is 2.12. The average molecular weight is 150 g/mol. The van der Waals surface area contributed by atoms with E-state index in [1.54, 1.807) is 0 Å². The summed E-state index contributed by atoms with van der Waals surface area (Å²) in [7, 11) is 0. The molecule has 1 aliphatic carbocycles. The molecule has 0 heterocycles. The second-order valence-corrected chi connectivity index (χ2v) is 3.00. The fraction of sp³-hybridized carbons (Fsp3) is 0.500. The van der Waals surface area contributed by atoms with Crippen LogP contribution in [0.3, 0.4) is 0 Å². The quantitative estimate of drug-likeness (QED) is 0.565. The Labute approximate surface area is 67.8 Å². The van der Waals surface area contributed by atoms with Crippen LogP contribution in [0.15, 0.2) is 24.3 Å². The van der Waals surface area contributed by atoms with Crippen LogP contribution in [0.2, 0.25) is 0 Å². The Morgan fingerprint density at radius 3 is 3.18 bits per heavy atom. The summed E-state index contributed by atoms with van der Waals surface area (Å²) in [5.41, 5.74) is 1.19. The highest BCUT2D eigenvalue weighted by molar-refractivity contribution is 5.49. The molecule has 0 amide bonds. The highest BCUT2D eigenvalue weighted by atomic mass is 16.1. The zero-order valence-corrected chi connectivity index (χ0v) is 6.75. The molecule has 1 atom stereocenters. The van der Waals surface area contributed by atoms with Gasteiger partial charge in [-0.3, -0.25) is 0 Å². The van der Waals surface area contributed by atoms with Crippen LogP contribution in [0.1, 0.15) is 25.7 Å². The number of aldehydes is 1. The molecule has 0 saturated carbocycles. The molecular weight excluding hydrogens is 136 g/mol. The molecule has 1 aliphatic rings. The van der Waals surface area contributed by atoms with E-state index in [2.05, 4.69) is 18.7 Å². The average Bonchev–Trinajstić information content (AvgIpc) is 2.03. The van der Waals surface area contributed by atoms with Gasteiger partial charge in [0.15, 0.2) is 0 Å². The second kappa shape index (κ2) is 4.12. The van der Waals surface area contributed by atoms with Gasteiger partial charge in [0.2, 0.25) is 0 Å². The van der Waals surface area contributed by atoms with Crippen molar-refractivity contribution in [2.24, 2.45) is 5.92 Å². The molecule has 1 rings (SSSR count). The van der Waals surface area contributed by atoms with E-state index in [9.17, 15) is 4.79 Å². The SMILES string of the molecule is C=C1C=CCCC1CCC=O. The first kappa shape index (κ1) is 8.25. The fourth-order valence-electron chi connectivity index (χ4n) is 1.45. The summed E-state index contributed by atoms with van der Waals surface area (Å²) in [6, 6.07) is 0. The van der Waals surface area contributed by atoms with Gasteiger partial charge in [-0.25, -0.2) is 0 Å². The third-order valence-electron chi connectivity index (χ3n) is 2.17. The predicted molar refractivity (Wildman–Crippen MR) is 46.3 cm³/mol. The molecule has 1 nitrogen and oxygen atoms in total. The van der Waals surface area contributed by atoms with E-state index < -0.39 is 0 Å². The van der Waals surface area contributed by atoms with Crippen molar-refractivity contribution in [1.82, 2.24) is 0 Å². The van der Waals surface area contributed by atoms with Crippen LogP contribution in [-0.4, -0.2) is 6.29 Å². The minimum absolute atomic E-state index is 0.560. The van der Waals surface area contributed by atoms with E-state index in [0.29, 0.717) is 12.3 Å². The Kier molecular flexibility index (Phi) is 3.09. The summed E-state index contributed by atoms with van der Waals surface area (Å²) >= 11 is 0. The molecule has 0 saturated heterocycles. The lowest BCUT2D eigenvalue weighted by Gasteiger charge is -2.18. The van der Waals surface area contributed by atoms with Gasteiger partial charge >= 0.3 is 0 Å². The van der Waals surface area contributed by atoms with Gasteiger partial charge in [0.05, 0.1) is 0 Å². The normalized spacial score (nSPS) is 23.6. The number of rotatable bonds is 3. The minimum atomic E-state index is 0.560. The van der Waals surface area contributed by atoms with Crippen LogP contribution in [0.4, 0.5) is 0 Å². The molecule has 1 heteroatoms. The maximum absolute atomic E-state index is 10.1. The Morgan fingerprint density at radius 1 is 1.73 bits per heavy atom. The van der Waals surface area contributed by atoms with Crippen molar-refractivity contribution in [3.8, 4) is 0 Å². The third kappa shape index (κ3) is 2.34. The Bertz CT molecular complexity index is 179. The predicted octanol–water partition coefficient (Wildman–Crippen LogP) is 2.49. The molecule has 0 aliphatic heterocycles. The highest BCUT2D eigenvalue weighted by Crippen LogP contribution is 2.26. The van der Waals surface area contributed by atoms with Gasteiger partial charge < -0.3 is 4.79 Å². The lowest BCUT2D eigenvalue weighted by Crippen LogP contribution is -2.05. The smallest absolute Gasteiger partial charge is 0.120 e. The largest absolute Gasteiger partial charge is 0.303 e. The van der Waals surface area contributed by atoms with Gasteiger partial charge in [-0.2, -0.15) is 0 Å². The topological polar surface area (TPSA) is 17.1 Å². The summed E-state index contributed by atoms with van der Waals surface area (Å²) in [5.74, 6) is 0.560. The van der Waals surface area contributed by atoms with Crippen molar-refractivity contribution >= 4 is 6.29 Å². The number of allylic oxidation sites excluding steroid dienone is 3. The molecule has 60 valence electrons. The van der Waals surface area contributed by atoms with Crippen molar-refractivity contribution in [3.05, 3.63) is 24.3 Å². The monoisotopic (exact) mass is 150 g/mol. The van der Waals surface area contributed by atoms with Gasteiger partial charge in [-0.15, -0.1) is 0 Å². The van der Waals surface area contributed by atoms with Gasteiger partial charge in [-0.05, 0) is 25.2 Å². The summed E-state index contributed by atoms with van der Waals surface area (Å²) in [6.07, 6.45) is 9.19. The van der Waals surface area contributed by atoms with Gasteiger partial charge in [0.1, 0.15) is 6.29 Å². The summed E-state index contributed by atoms with van der Waals surface area (Å²) in [5, 5.41) is 0. The minimum Gasteiger partial charge on any atom is -0.303 e. The van der Waals surface area contributed by atoms with E-state index in [1.165, 1.54) is 12.0 Å². The maximum Gasteiger partial charge on any atom is 0.120 e. The lowest BCUT2D eigenvalue weighted by atomic mass is 9.87. The number of hydrogen-bond donors (Lipinski definition) is 0. The summed E-state index contributed by atoms with van der Waals surface area (Å²) in [6.45, 7) is 3.95. The Hall–Kier alpha value is -0.850. The second-order valence-electron chi connectivity index (χ2n) is 3.00.